The Hall–Kier alpha value is -2.54. The maximum absolute atomic E-state index is 12.9. The van der Waals surface area contributed by atoms with Gasteiger partial charge >= 0.3 is 0 Å². The lowest BCUT2D eigenvalue weighted by atomic mass is 10.0. The molecule has 1 atom stereocenters. The van der Waals surface area contributed by atoms with Crippen LogP contribution in [0.2, 0.25) is 0 Å². The van der Waals surface area contributed by atoms with Crippen molar-refractivity contribution < 1.29 is 19.1 Å². The summed E-state index contributed by atoms with van der Waals surface area (Å²) >= 11 is 1.74. The summed E-state index contributed by atoms with van der Waals surface area (Å²) in [5, 5.41) is 2.07. The van der Waals surface area contributed by atoms with Crippen molar-refractivity contribution in [3.8, 4) is 11.5 Å². The zero-order valence-corrected chi connectivity index (χ0v) is 15.0. The van der Waals surface area contributed by atoms with Gasteiger partial charge in [-0.2, -0.15) is 0 Å². The molecule has 132 valence electrons. The molecule has 1 aliphatic rings. The summed E-state index contributed by atoms with van der Waals surface area (Å²) in [6.07, 6.45) is 0.875. The Morgan fingerprint density at radius 2 is 2.12 bits per heavy atom. The fraction of sp³-hybridized carbons (Fsp3) is 0.333. The molecule has 6 nitrogen and oxygen atoms in total. The Bertz CT molecular complexity index is 802. The first-order valence-electron chi connectivity index (χ1n) is 7.97. The van der Waals surface area contributed by atoms with Crippen molar-refractivity contribution in [3.63, 3.8) is 0 Å². The molecule has 0 radical (unpaired) electrons. The SMILES string of the molecule is COc1cc(C(=O)N2CCc3sccc3C2C)ccc1OCC(N)=O. The Balaban J connectivity index is 1.82. The van der Waals surface area contributed by atoms with Crippen molar-refractivity contribution in [3.05, 3.63) is 45.6 Å². The number of nitrogens with zero attached hydrogens (tertiary/aromatic N) is 1. The van der Waals surface area contributed by atoms with Gasteiger partial charge in [-0.3, -0.25) is 9.59 Å². The smallest absolute Gasteiger partial charge is 0.255 e. The van der Waals surface area contributed by atoms with E-state index in [4.69, 9.17) is 15.2 Å². The van der Waals surface area contributed by atoms with Crippen LogP contribution < -0.4 is 15.2 Å². The minimum atomic E-state index is -0.573. The molecule has 1 aliphatic heterocycles. The van der Waals surface area contributed by atoms with Gasteiger partial charge in [0.05, 0.1) is 13.2 Å². The molecule has 25 heavy (non-hydrogen) atoms. The van der Waals surface area contributed by atoms with Crippen LogP contribution in [0.1, 0.15) is 33.8 Å². The summed E-state index contributed by atoms with van der Waals surface area (Å²) in [5.74, 6) is 0.151. The minimum absolute atomic E-state index is 0.0410. The number of primary amides is 1. The number of nitrogens with two attached hydrogens (primary N) is 1. The molecular weight excluding hydrogens is 340 g/mol. The number of carbonyl (C=O) groups is 2. The van der Waals surface area contributed by atoms with Crippen LogP contribution in [-0.2, 0) is 11.2 Å². The lowest BCUT2D eigenvalue weighted by Crippen LogP contribution is -2.38. The number of methoxy groups -OCH3 is 1. The van der Waals surface area contributed by atoms with Gasteiger partial charge in [-0.05, 0) is 48.6 Å². The summed E-state index contributed by atoms with van der Waals surface area (Å²) in [5.41, 5.74) is 6.83. The predicted molar refractivity (Wildman–Crippen MR) is 95.2 cm³/mol. The van der Waals surface area contributed by atoms with E-state index in [1.54, 1.807) is 29.5 Å². The topological polar surface area (TPSA) is 81.9 Å². The molecule has 0 aliphatic carbocycles. The third kappa shape index (κ3) is 3.46. The Morgan fingerprint density at radius 1 is 1.32 bits per heavy atom. The van der Waals surface area contributed by atoms with Gasteiger partial charge < -0.3 is 20.1 Å². The van der Waals surface area contributed by atoms with Crippen LogP contribution in [0.25, 0.3) is 0 Å². The van der Waals surface area contributed by atoms with Crippen molar-refractivity contribution >= 4 is 23.2 Å². The van der Waals surface area contributed by atoms with Gasteiger partial charge in [0.15, 0.2) is 18.1 Å². The molecule has 7 heteroatoms. The molecule has 1 aromatic carbocycles. The van der Waals surface area contributed by atoms with Crippen molar-refractivity contribution in [2.24, 2.45) is 5.73 Å². The number of carbonyl (C=O) groups excluding carboxylic acids is 2. The number of benzene rings is 1. The highest BCUT2D eigenvalue weighted by atomic mass is 32.1. The number of ether oxygens (including phenoxy) is 2. The van der Waals surface area contributed by atoms with E-state index in [0.717, 1.165) is 6.42 Å². The first-order chi connectivity index (χ1) is 12.0. The lowest BCUT2D eigenvalue weighted by molar-refractivity contribution is -0.119. The zero-order valence-electron chi connectivity index (χ0n) is 14.2. The molecule has 2 heterocycles. The molecular formula is C18H20N2O4S. The van der Waals surface area contributed by atoms with E-state index in [0.29, 0.717) is 23.6 Å². The van der Waals surface area contributed by atoms with Crippen LogP contribution in [0.15, 0.2) is 29.6 Å². The summed E-state index contributed by atoms with van der Waals surface area (Å²) in [7, 11) is 1.49. The molecule has 0 bridgehead atoms. The van der Waals surface area contributed by atoms with E-state index >= 15 is 0 Å². The second-order valence-corrected chi connectivity index (χ2v) is 6.84. The molecule has 0 saturated carbocycles. The fourth-order valence-electron chi connectivity index (χ4n) is 3.02. The number of fused-ring (bicyclic) bond motifs is 1. The average molecular weight is 360 g/mol. The highest BCUT2D eigenvalue weighted by molar-refractivity contribution is 7.10. The van der Waals surface area contributed by atoms with Crippen LogP contribution in [0.5, 0.6) is 11.5 Å². The monoisotopic (exact) mass is 360 g/mol. The van der Waals surface area contributed by atoms with Gasteiger partial charge in [-0.15, -0.1) is 11.3 Å². The zero-order chi connectivity index (χ0) is 18.0. The van der Waals surface area contributed by atoms with Crippen molar-refractivity contribution in [2.45, 2.75) is 19.4 Å². The van der Waals surface area contributed by atoms with E-state index in [-0.39, 0.29) is 18.6 Å². The van der Waals surface area contributed by atoms with E-state index in [1.807, 2.05) is 11.8 Å². The van der Waals surface area contributed by atoms with Gasteiger partial charge in [-0.25, -0.2) is 0 Å². The molecule has 2 amide bonds. The summed E-state index contributed by atoms with van der Waals surface area (Å²) < 4.78 is 10.6. The lowest BCUT2D eigenvalue weighted by Gasteiger charge is -2.33. The predicted octanol–water partition coefficient (Wildman–Crippen LogP) is 2.38. The first kappa shape index (κ1) is 17.3. The van der Waals surface area contributed by atoms with Crippen molar-refractivity contribution in [1.82, 2.24) is 4.90 Å². The van der Waals surface area contributed by atoms with E-state index in [2.05, 4.69) is 11.4 Å². The number of thiophene rings is 1. The molecule has 2 aromatic rings. The third-order valence-electron chi connectivity index (χ3n) is 4.32. The number of hydrogen-bond donors (Lipinski definition) is 1. The largest absolute Gasteiger partial charge is 0.493 e. The van der Waals surface area contributed by atoms with Crippen LogP contribution in [0, 0.1) is 0 Å². The summed E-state index contributed by atoms with van der Waals surface area (Å²) in [6.45, 7) is 2.49. The summed E-state index contributed by atoms with van der Waals surface area (Å²) in [4.78, 5) is 27.0. The molecule has 0 spiro atoms. The normalized spacial score (nSPS) is 16.2. The van der Waals surface area contributed by atoms with Gasteiger partial charge in [0.1, 0.15) is 0 Å². The van der Waals surface area contributed by atoms with Gasteiger partial charge in [-0.1, -0.05) is 0 Å². The van der Waals surface area contributed by atoms with E-state index in [1.165, 1.54) is 17.6 Å². The molecule has 1 unspecified atom stereocenters. The second-order valence-electron chi connectivity index (χ2n) is 5.84. The highest BCUT2D eigenvalue weighted by Crippen LogP contribution is 2.35. The van der Waals surface area contributed by atoms with Crippen molar-refractivity contribution in [1.29, 1.82) is 0 Å². The fourth-order valence-corrected chi connectivity index (χ4v) is 3.98. The van der Waals surface area contributed by atoms with Gasteiger partial charge in [0.2, 0.25) is 0 Å². The third-order valence-corrected chi connectivity index (χ3v) is 5.32. The van der Waals surface area contributed by atoms with Crippen LogP contribution >= 0.6 is 11.3 Å². The maximum atomic E-state index is 12.9. The number of rotatable bonds is 5. The molecule has 1 aromatic heterocycles. The second kappa shape index (κ2) is 7.14. The van der Waals surface area contributed by atoms with Gasteiger partial charge in [0, 0.05) is 17.0 Å². The number of hydrogen-bond acceptors (Lipinski definition) is 5. The standard InChI is InChI=1S/C18H20N2O4S/c1-11-13-6-8-25-16(13)5-7-20(11)18(22)12-3-4-14(15(9-12)23-2)24-10-17(19)21/h3-4,6,8-9,11H,5,7,10H2,1-2H3,(H2,19,21). The Labute approximate surface area is 150 Å². The maximum Gasteiger partial charge on any atom is 0.255 e. The van der Waals surface area contributed by atoms with Crippen molar-refractivity contribution in [2.75, 3.05) is 20.3 Å². The highest BCUT2D eigenvalue weighted by Gasteiger charge is 2.29. The Kier molecular flexibility index (Phi) is 4.94. The van der Waals surface area contributed by atoms with Crippen LogP contribution in [-0.4, -0.2) is 37.0 Å². The molecule has 2 N–H and O–H groups in total. The van der Waals surface area contributed by atoms with Gasteiger partial charge in [0.25, 0.3) is 11.8 Å². The molecule has 3 rings (SSSR count). The summed E-state index contributed by atoms with van der Waals surface area (Å²) in [6, 6.07) is 7.07. The van der Waals surface area contributed by atoms with E-state index in [9.17, 15) is 9.59 Å². The molecule has 0 fully saturated rings. The first-order valence-corrected chi connectivity index (χ1v) is 8.85. The van der Waals surface area contributed by atoms with Crippen LogP contribution in [0.4, 0.5) is 0 Å². The Morgan fingerprint density at radius 3 is 2.84 bits per heavy atom. The quantitative estimate of drug-likeness (QED) is 0.887. The minimum Gasteiger partial charge on any atom is -0.493 e. The van der Waals surface area contributed by atoms with E-state index < -0.39 is 5.91 Å². The average Bonchev–Trinajstić information content (AvgIpc) is 3.09. The number of amides is 2. The molecule has 0 saturated heterocycles. The van der Waals surface area contributed by atoms with Crippen LogP contribution in [0.3, 0.4) is 0 Å².